The lowest BCUT2D eigenvalue weighted by atomic mass is 9.84. The molecule has 2 fully saturated rings. The number of nitrogens with zero attached hydrogens (tertiary/aromatic N) is 1. The molecule has 2 aliphatic rings. The first-order valence-electron chi connectivity index (χ1n) is 5.89. The van der Waals surface area contributed by atoms with E-state index in [-0.39, 0.29) is 0 Å². The highest BCUT2D eigenvalue weighted by Gasteiger charge is 2.44. The third kappa shape index (κ3) is 1.63. The van der Waals surface area contributed by atoms with Crippen LogP contribution in [0.25, 0.3) is 0 Å². The molecular weight excluding hydrogens is 158 g/mol. The molecule has 2 rings (SSSR count). The molecule has 1 saturated carbocycles. The Morgan fingerprint density at radius 3 is 2.31 bits per heavy atom. The molecule has 1 heterocycles. The van der Waals surface area contributed by atoms with E-state index < -0.39 is 0 Å². The fourth-order valence-electron chi connectivity index (χ4n) is 3.53. The summed E-state index contributed by atoms with van der Waals surface area (Å²) in [5, 5.41) is 0. The van der Waals surface area contributed by atoms with Crippen LogP contribution in [0.2, 0.25) is 0 Å². The van der Waals surface area contributed by atoms with E-state index in [1.54, 1.807) is 0 Å². The van der Waals surface area contributed by atoms with E-state index >= 15 is 0 Å². The van der Waals surface area contributed by atoms with Crippen LogP contribution in [0.4, 0.5) is 0 Å². The molecule has 1 saturated heterocycles. The average molecular weight is 181 g/mol. The van der Waals surface area contributed by atoms with Gasteiger partial charge in [0.05, 0.1) is 0 Å². The average Bonchev–Trinajstić information content (AvgIpc) is 2.60. The van der Waals surface area contributed by atoms with Crippen LogP contribution in [0, 0.1) is 5.41 Å². The van der Waals surface area contributed by atoms with Crippen LogP contribution in [-0.2, 0) is 0 Å². The van der Waals surface area contributed by atoms with Gasteiger partial charge in [0, 0.05) is 18.6 Å². The fraction of sp³-hybridized carbons (Fsp3) is 1.00. The van der Waals surface area contributed by atoms with E-state index in [9.17, 15) is 0 Å². The lowest BCUT2D eigenvalue weighted by molar-refractivity contribution is 0.195. The van der Waals surface area contributed by atoms with Crippen molar-refractivity contribution in [2.75, 3.05) is 6.54 Å². The van der Waals surface area contributed by atoms with Crippen LogP contribution in [0.15, 0.2) is 0 Å². The second-order valence-electron chi connectivity index (χ2n) is 5.53. The minimum absolute atomic E-state index is 0.740. The molecule has 1 unspecified atom stereocenters. The van der Waals surface area contributed by atoms with Crippen molar-refractivity contribution >= 4 is 0 Å². The normalized spacial score (nSPS) is 33.7. The molecule has 13 heavy (non-hydrogen) atoms. The van der Waals surface area contributed by atoms with Gasteiger partial charge in [0.2, 0.25) is 0 Å². The van der Waals surface area contributed by atoms with E-state index in [1.807, 2.05) is 0 Å². The summed E-state index contributed by atoms with van der Waals surface area (Å²) in [6, 6.07) is 1.58. The molecule has 1 spiro atoms. The first-order chi connectivity index (χ1) is 6.13. The largest absolute Gasteiger partial charge is 0.298 e. The summed E-state index contributed by atoms with van der Waals surface area (Å²) in [4.78, 5) is 2.70. The maximum atomic E-state index is 2.70. The van der Waals surface area contributed by atoms with Crippen LogP contribution in [0.3, 0.4) is 0 Å². The smallest absolute Gasteiger partial charge is 0.00756 e. The van der Waals surface area contributed by atoms with E-state index in [0.29, 0.717) is 0 Å². The quantitative estimate of drug-likeness (QED) is 0.601. The van der Waals surface area contributed by atoms with Crippen molar-refractivity contribution in [3.8, 4) is 0 Å². The van der Waals surface area contributed by atoms with Crippen molar-refractivity contribution in [1.29, 1.82) is 0 Å². The first kappa shape index (κ1) is 9.51. The lowest BCUT2D eigenvalue weighted by Crippen LogP contribution is -2.34. The molecule has 1 nitrogen and oxygen atoms in total. The van der Waals surface area contributed by atoms with Crippen molar-refractivity contribution in [2.24, 2.45) is 5.41 Å². The van der Waals surface area contributed by atoms with Crippen LogP contribution < -0.4 is 0 Å². The number of rotatable bonds is 1. The Morgan fingerprint density at radius 1 is 1.23 bits per heavy atom. The summed E-state index contributed by atoms with van der Waals surface area (Å²) >= 11 is 0. The Hall–Kier alpha value is -0.0400. The van der Waals surface area contributed by atoms with Gasteiger partial charge in [0.1, 0.15) is 0 Å². The van der Waals surface area contributed by atoms with Crippen LogP contribution in [0.5, 0.6) is 0 Å². The van der Waals surface area contributed by atoms with E-state index in [0.717, 1.165) is 17.5 Å². The minimum atomic E-state index is 0.740. The van der Waals surface area contributed by atoms with Crippen LogP contribution in [0.1, 0.15) is 52.9 Å². The predicted octanol–water partition coefficient (Wildman–Crippen LogP) is 3.05. The Morgan fingerprint density at radius 2 is 1.85 bits per heavy atom. The summed E-state index contributed by atoms with van der Waals surface area (Å²) in [6.07, 6.45) is 7.43. The molecule has 0 aromatic rings. The van der Waals surface area contributed by atoms with Gasteiger partial charge in [-0.05, 0) is 45.4 Å². The summed E-state index contributed by atoms with van der Waals surface area (Å²) in [5.41, 5.74) is 0.740. The molecule has 0 N–H and O–H groups in total. The SMILES string of the molecule is CC(C)N1CC2(CCCC2)CC1C. The Bertz CT molecular complexity index is 180. The summed E-state index contributed by atoms with van der Waals surface area (Å²) in [5.74, 6) is 0. The first-order valence-corrected chi connectivity index (χ1v) is 5.89. The monoisotopic (exact) mass is 181 g/mol. The molecule has 0 amide bonds. The summed E-state index contributed by atoms with van der Waals surface area (Å²) < 4.78 is 0. The minimum Gasteiger partial charge on any atom is -0.298 e. The molecule has 0 bridgehead atoms. The molecule has 1 aliphatic carbocycles. The zero-order chi connectivity index (χ0) is 9.47. The molecule has 0 aromatic heterocycles. The Labute approximate surface area is 82.5 Å². The molecule has 1 heteroatoms. The van der Waals surface area contributed by atoms with E-state index in [4.69, 9.17) is 0 Å². The molecular formula is C12H23N. The highest BCUT2D eigenvalue weighted by molar-refractivity contribution is 4.97. The van der Waals surface area contributed by atoms with Crippen molar-refractivity contribution in [3.05, 3.63) is 0 Å². The number of hydrogen-bond acceptors (Lipinski definition) is 1. The predicted molar refractivity (Wildman–Crippen MR) is 56.8 cm³/mol. The van der Waals surface area contributed by atoms with Gasteiger partial charge in [-0.2, -0.15) is 0 Å². The van der Waals surface area contributed by atoms with Gasteiger partial charge in [-0.3, -0.25) is 4.90 Å². The summed E-state index contributed by atoms with van der Waals surface area (Å²) in [7, 11) is 0. The highest BCUT2D eigenvalue weighted by Crippen LogP contribution is 2.47. The Kier molecular flexibility index (Phi) is 2.39. The maximum Gasteiger partial charge on any atom is 0.00756 e. The Balaban J connectivity index is 2.05. The van der Waals surface area contributed by atoms with Gasteiger partial charge in [-0.1, -0.05) is 12.8 Å². The molecule has 0 aromatic carbocycles. The van der Waals surface area contributed by atoms with Crippen LogP contribution in [-0.4, -0.2) is 23.5 Å². The zero-order valence-electron chi connectivity index (χ0n) is 9.34. The van der Waals surface area contributed by atoms with Crippen molar-refractivity contribution in [3.63, 3.8) is 0 Å². The topological polar surface area (TPSA) is 3.24 Å². The maximum absolute atomic E-state index is 2.70. The fourth-order valence-corrected chi connectivity index (χ4v) is 3.53. The van der Waals surface area contributed by atoms with Gasteiger partial charge in [0.25, 0.3) is 0 Å². The number of likely N-dealkylation sites (tertiary alicyclic amines) is 1. The molecule has 1 aliphatic heterocycles. The lowest BCUT2D eigenvalue weighted by Gasteiger charge is -2.27. The molecule has 0 radical (unpaired) electrons. The third-order valence-corrected chi connectivity index (χ3v) is 4.14. The second-order valence-corrected chi connectivity index (χ2v) is 5.53. The van der Waals surface area contributed by atoms with E-state index in [1.165, 1.54) is 38.6 Å². The molecule has 1 atom stereocenters. The van der Waals surface area contributed by atoms with Crippen molar-refractivity contribution < 1.29 is 0 Å². The van der Waals surface area contributed by atoms with Gasteiger partial charge in [-0.15, -0.1) is 0 Å². The molecule has 76 valence electrons. The number of hydrogen-bond donors (Lipinski definition) is 0. The van der Waals surface area contributed by atoms with Gasteiger partial charge >= 0.3 is 0 Å². The third-order valence-electron chi connectivity index (χ3n) is 4.14. The van der Waals surface area contributed by atoms with Crippen LogP contribution >= 0.6 is 0 Å². The van der Waals surface area contributed by atoms with Gasteiger partial charge in [0.15, 0.2) is 0 Å². The highest BCUT2D eigenvalue weighted by atomic mass is 15.2. The van der Waals surface area contributed by atoms with E-state index in [2.05, 4.69) is 25.7 Å². The standard InChI is InChI=1S/C12H23N/c1-10(2)13-9-12(8-11(13)3)6-4-5-7-12/h10-11H,4-9H2,1-3H3. The van der Waals surface area contributed by atoms with Crippen molar-refractivity contribution in [2.45, 2.75) is 65.0 Å². The zero-order valence-corrected chi connectivity index (χ0v) is 9.34. The van der Waals surface area contributed by atoms with Gasteiger partial charge < -0.3 is 0 Å². The second kappa shape index (κ2) is 3.27. The van der Waals surface area contributed by atoms with Crippen molar-refractivity contribution in [1.82, 2.24) is 4.90 Å². The summed E-state index contributed by atoms with van der Waals surface area (Å²) in [6.45, 7) is 8.47. The van der Waals surface area contributed by atoms with Gasteiger partial charge in [-0.25, -0.2) is 0 Å².